The van der Waals surface area contributed by atoms with Gasteiger partial charge in [-0.25, -0.2) is 4.98 Å². The van der Waals surface area contributed by atoms with E-state index in [1.165, 1.54) is 11.5 Å². The van der Waals surface area contributed by atoms with Crippen LogP contribution in [0.5, 0.6) is 0 Å². The van der Waals surface area contributed by atoms with Crippen molar-refractivity contribution >= 4 is 22.6 Å². The van der Waals surface area contributed by atoms with E-state index in [1.807, 2.05) is 16.8 Å². The normalized spacial score (nSPS) is 16.3. The van der Waals surface area contributed by atoms with Gasteiger partial charge in [-0.05, 0) is 0 Å². The number of hydrogen-bond donors (Lipinski definition) is 0. The highest BCUT2D eigenvalue weighted by Crippen LogP contribution is 2.24. The molecule has 0 aliphatic carbocycles. The van der Waals surface area contributed by atoms with E-state index >= 15 is 0 Å². The van der Waals surface area contributed by atoms with Crippen LogP contribution in [0.15, 0.2) is 0 Å². The summed E-state index contributed by atoms with van der Waals surface area (Å²) in [5.74, 6) is 0.937. The van der Waals surface area contributed by atoms with Gasteiger partial charge in [-0.3, -0.25) is 4.79 Å². The lowest BCUT2D eigenvalue weighted by Gasteiger charge is -2.28. The van der Waals surface area contributed by atoms with Crippen molar-refractivity contribution in [3.63, 3.8) is 0 Å². The van der Waals surface area contributed by atoms with Crippen LogP contribution in [0.1, 0.15) is 26.6 Å². The lowest BCUT2D eigenvalue weighted by molar-refractivity contribution is -0.133. The smallest absolute Gasteiger partial charge is 0.242 e. The first-order valence-electron chi connectivity index (χ1n) is 6.79. The summed E-state index contributed by atoms with van der Waals surface area (Å²) in [4.78, 5) is 20.4. The first-order chi connectivity index (χ1) is 9.38. The lowest BCUT2D eigenvalue weighted by Crippen LogP contribution is -2.45. The third-order valence-corrected chi connectivity index (χ3v) is 3.98. The van der Waals surface area contributed by atoms with Crippen molar-refractivity contribution in [1.29, 1.82) is 0 Å². The highest BCUT2D eigenvalue weighted by Gasteiger charge is 2.23. The number of morpholine rings is 1. The van der Waals surface area contributed by atoms with E-state index in [2.05, 4.69) is 30.1 Å². The zero-order chi connectivity index (χ0) is 14.8. The van der Waals surface area contributed by atoms with E-state index in [0.29, 0.717) is 32.8 Å². The standard InChI is InChI=1S/C13H22N4O2S/c1-13(2,3)11-14-12(20-15-11)16(4)9-10(18)17-5-7-19-8-6-17/h5-9H2,1-4H3. The fourth-order valence-corrected chi connectivity index (χ4v) is 2.67. The van der Waals surface area contributed by atoms with Crippen LogP contribution >= 0.6 is 11.5 Å². The molecule has 112 valence electrons. The Morgan fingerprint density at radius 2 is 2.05 bits per heavy atom. The molecule has 0 aromatic carbocycles. The maximum atomic E-state index is 12.2. The second-order valence-electron chi connectivity index (χ2n) is 6.00. The number of anilines is 1. The highest BCUT2D eigenvalue weighted by molar-refractivity contribution is 7.09. The molecule has 0 bridgehead atoms. The zero-order valence-corrected chi connectivity index (χ0v) is 13.4. The van der Waals surface area contributed by atoms with E-state index in [4.69, 9.17) is 4.74 Å². The second kappa shape index (κ2) is 6.05. The molecule has 1 aromatic rings. The maximum Gasteiger partial charge on any atom is 0.242 e. The molecule has 2 rings (SSSR count). The Morgan fingerprint density at radius 3 is 2.60 bits per heavy atom. The third-order valence-electron chi connectivity index (χ3n) is 3.15. The van der Waals surface area contributed by atoms with Gasteiger partial charge in [-0.1, -0.05) is 20.8 Å². The molecule has 1 fully saturated rings. The number of aromatic nitrogens is 2. The number of rotatable bonds is 3. The summed E-state index contributed by atoms with van der Waals surface area (Å²) in [6.45, 7) is 9.18. The Labute approximate surface area is 123 Å². The van der Waals surface area contributed by atoms with E-state index in [9.17, 15) is 4.79 Å². The SMILES string of the molecule is CN(CC(=O)N1CCOCC1)c1nc(C(C)(C)C)ns1. The summed E-state index contributed by atoms with van der Waals surface area (Å²) in [6.07, 6.45) is 0. The third kappa shape index (κ3) is 3.67. The molecule has 0 spiro atoms. The van der Waals surface area contributed by atoms with E-state index in [1.54, 1.807) is 0 Å². The van der Waals surface area contributed by atoms with Gasteiger partial charge in [0.15, 0.2) is 0 Å². The Morgan fingerprint density at radius 1 is 1.40 bits per heavy atom. The van der Waals surface area contributed by atoms with Gasteiger partial charge in [0, 0.05) is 37.1 Å². The van der Waals surface area contributed by atoms with Crippen LogP contribution < -0.4 is 4.90 Å². The molecular weight excluding hydrogens is 276 g/mol. The molecule has 0 radical (unpaired) electrons. The van der Waals surface area contributed by atoms with Crippen molar-refractivity contribution in [3.05, 3.63) is 5.82 Å². The van der Waals surface area contributed by atoms with Crippen LogP contribution in [0.25, 0.3) is 0 Å². The number of carbonyl (C=O) groups is 1. The highest BCUT2D eigenvalue weighted by atomic mass is 32.1. The number of hydrogen-bond acceptors (Lipinski definition) is 6. The molecule has 1 amide bonds. The molecule has 7 heteroatoms. The zero-order valence-electron chi connectivity index (χ0n) is 12.5. The van der Waals surface area contributed by atoms with Crippen LogP contribution in [0, 0.1) is 0 Å². The Balaban J connectivity index is 1.95. The summed E-state index contributed by atoms with van der Waals surface area (Å²) < 4.78 is 9.62. The molecule has 0 N–H and O–H groups in total. The van der Waals surface area contributed by atoms with Crippen LogP contribution in [-0.2, 0) is 14.9 Å². The van der Waals surface area contributed by atoms with Crippen molar-refractivity contribution in [2.75, 3.05) is 44.8 Å². The average molecular weight is 298 g/mol. The first-order valence-corrected chi connectivity index (χ1v) is 7.56. The van der Waals surface area contributed by atoms with Gasteiger partial charge in [-0.2, -0.15) is 4.37 Å². The van der Waals surface area contributed by atoms with Gasteiger partial charge in [0.2, 0.25) is 11.0 Å². The molecular formula is C13H22N4O2S. The Kier molecular flexibility index (Phi) is 4.59. The summed E-state index contributed by atoms with van der Waals surface area (Å²) in [5, 5.41) is 0.788. The lowest BCUT2D eigenvalue weighted by atomic mass is 9.96. The Hall–Kier alpha value is -1.21. The Bertz CT molecular complexity index is 463. The molecule has 1 aliphatic heterocycles. The van der Waals surface area contributed by atoms with Crippen molar-refractivity contribution in [2.45, 2.75) is 26.2 Å². The number of nitrogens with zero attached hydrogens (tertiary/aromatic N) is 4. The predicted octanol–water partition coefficient (Wildman–Crippen LogP) is 1.13. The molecule has 1 aromatic heterocycles. The summed E-state index contributed by atoms with van der Waals surface area (Å²) in [7, 11) is 1.88. The van der Waals surface area contributed by atoms with E-state index in [0.717, 1.165) is 11.0 Å². The van der Waals surface area contributed by atoms with Crippen LogP contribution in [-0.4, -0.2) is 60.1 Å². The fraction of sp³-hybridized carbons (Fsp3) is 0.769. The first kappa shape index (κ1) is 15.2. The largest absolute Gasteiger partial charge is 0.378 e. The minimum atomic E-state index is -0.0657. The van der Waals surface area contributed by atoms with E-state index in [-0.39, 0.29) is 11.3 Å². The van der Waals surface area contributed by atoms with Crippen molar-refractivity contribution in [3.8, 4) is 0 Å². The molecule has 0 saturated carbocycles. The van der Waals surface area contributed by atoms with Crippen molar-refractivity contribution in [2.24, 2.45) is 0 Å². The molecule has 0 atom stereocenters. The van der Waals surface area contributed by atoms with Crippen LogP contribution in [0.2, 0.25) is 0 Å². The van der Waals surface area contributed by atoms with Gasteiger partial charge >= 0.3 is 0 Å². The number of likely N-dealkylation sites (N-methyl/N-ethyl adjacent to an activating group) is 1. The quantitative estimate of drug-likeness (QED) is 0.837. The number of carbonyl (C=O) groups excluding carboxylic acids is 1. The number of amides is 1. The topological polar surface area (TPSA) is 58.6 Å². The minimum absolute atomic E-state index is 0.0657. The monoisotopic (exact) mass is 298 g/mol. The maximum absolute atomic E-state index is 12.2. The fourth-order valence-electron chi connectivity index (χ4n) is 1.86. The van der Waals surface area contributed by atoms with Crippen LogP contribution in [0.3, 0.4) is 0 Å². The number of ether oxygens (including phenoxy) is 1. The summed E-state index contributed by atoms with van der Waals surface area (Å²) in [5.41, 5.74) is -0.0657. The van der Waals surface area contributed by atoms with Gasteiger partial charge in [-0.15, -0.1) is 0 Å². The van der Waals surface area contributed by atoms with Crippen LogP contribution in [0.4, 0.5) is 5.13 Å². The van der Waals surface area contributed by atoms with Gasteiger partial charge in [0.25, 0.3) is 0 Å². The molecule has 2 heterocycles. The minimum Gasteiger partial charge on any atom is -0.378 e. The van der Waals surface area contributed by atoms with E-state index < -0.39 is 0 Å². The summed E-state index contributed by atoms with van der Waals surface area (Å²) >= 11 is 1.34. The van der Waals surface area contributed by atoms with Gasteiger partial charge in [0.1, 0.15) is 5.82 Å². The average Bonchev–Trinajstić information content (AvgIpc) is 2.89. The molecule has 1 aliphatic rings. The van der Waals surface area contributed by atoms with Gasteiger partial charge < -0.3 is 14.5 Å². The summed E-state index contributed by atoms with van der Waals surface area (Å²) in [6, 6.07) is 0. The van der Waals surface area contributed by atoms with Gasteiger partial charge in [0.05, 0.1) is 19.8 Å². The van der Waals surface area contributed by atoms with Crippen molar-refractivity contribution < 1.29 is 9.53 Å². The molecule has 6 nitrogen and oxygen atoms in total. The predicted molar refractivity (Wildman–Crippen MR) is 79.3 cm³/mol. The molecule has 20 heavy (non-hydrogen) atoms. The van der Waals surface area contributed by atoms with Crippen molar-refractivity contribution in [1.82, 2.24) is 14.3 Å². The molecule has 1 saturated heterocycles. The second-order valence-corrected chi connectivity index (χ2v) is 6.73. The molecule has 0 unspecified atom stereocenters.